The van der Waals surface area contributed by atoms with Gasteiger partial charge in [0, 0.05) is 27.2 Å². The molecule has 0 bridgehead atoms. The molecule has 0 radical (unpaired) electrons. The van der Waals surface area contributed by atoms with Crippen molar-refractivity contribution in [3.05, 3.63) is 83.1 Å². The first-order valence-corrected chi connectivity index (χ1v) is 12.4. The minimum atomic E-state index is -4.25. The van der Waals surface area contributed by atoms with Crippen LogP contribution in [0.1, 0.15) is 0 Å². The zero-order chi connectivity index (χ0) is 23.6. The second-order valence-electron chi connectivity index (χ2n) is 6.82. The van der Waals surface area contributed by atoms with Gasteiger partial charge in [0.05, 0.1) is 15.5 Å². The van der Waals surface area contributed by atoms with Gasteiger partial charge >= 0.3 is 0 Å². The van der Waals surface area contributed by atoms with E-state index in [1.807, 2.05) is 54.3 Å². The van der Waals surface area contributed by atoms with E-state index in [0.29, 0.717) is 21.8 Å². The molecule has 3 heterocycles. The molecule has 2 aromatic carbocycles. The molecule has 3 aromatic heterocycles. The number of pyridine rings is 1. The number of fused-ring (bicyclic) bond motifs is 1. The molecule has 168 valence electrons. The molecule has 0 aliphatic heterocycles. The number of halogens is 2. The lowest BCUT2D eigenvalue weighted by Crippen LogP contribution is -2.25. The molecular formula is C22H15Cl2N3O4S2. The second-order valence-corrected chi connectivity index (χ2v) is 10.1. The third kappa shape index (κ3) is 5.40. The Morgan fingerprint density at radius 1 is 0.970 bits per heavy atom. The Morgan fingerprint density at radius 2 is 1.64 bits per heavy atom. The minimum absolute atomic E-state index is 0.185. The lowest BCUT2D eigenvalue weighted by atomic mass is 10.2. The normalized spacial score (nSPS) is 11.3. The highest BCUT2D eigenvalue weighted by atomic mass is 35.5. The molecule has 11 heteroatoms. The van der Waals surface area contributed by atoms with Gasteiger partial charge in [0.15, 0.2) is 12.4 Å². The lowest BCUT2D eigenvalue weighted by molar-refractivity contribution is -0.671. The summed E-state index contributed by atoms with van der Waals surface area (Å²) in [6.07, 6.45) is 3.85. The summed E-state index contributed by atoms with van der Waals surface area (Å²) in [6, 6.07) is 16.6. The Kier molecular flexibility index (Phi) is 6.78. The van der Waals surface area contributed by atoms with Gasteiger partial charge in [-0.1, -0.05) is 47.5 Å². The van der Waals surface area contributed by atoms with Gasteiger partial charge in [0.25, 0.3) is 5.89 Å². The van der Waals surface area contributed by atoms with Gasteiger partial charge in [-0.2, -0.15) is 0 Å². The third-order valence-electron chi connectivity index (χ3n) is 4.47. The quantitative estimate of drug-likeness (QED) is 0.235. The Hall–Kier alpha value is -2.82. The summed E-state index contributed by atoms with van der Waals surface area (Å²) in [5, 5.41) is 10.5. The van der Waals surface area contributed by atoms with Crippen LogP contribution in [0.15, 0.2) is 82.4 Å². The Balaban J connectivity index is 0.000000219. The summed E-state index contributed by atoms with van der Waals surface area (Å²) in [7, 11) is -2.30. The van der Waals surface area contributed by atoms with Gasteiger partial charge in [-0.25, -0.2) is 13.0 Å². The topological polar surface area (TPSA) is 100 Å². The van der Waals surface area contributed by atoms with E-state index in [1.54, 1.807) is 6.07 Å². The Labute approximate surface area is 203 Å². The van der Waals surface area contributed by atoms with Crippen LogP contribution in [0.4, 0.5) is 0 Å². The van der Waals surface area contributed by atoms with Crippen molar-refractivity contribution in [3.8, 4) is 22.2 Å². The zero-order valence-electron chi connectivity index (χ0n) is 17.0. The van der Waals surface area contributed by atoms with Gasteiger partial charge in [0.1, 0.15) is 22.0 Å². The maximum absolute atomic E-state index is 10.3. The van der Waals surface area contributed by atoms with Gasteiger partial charge in [0.2, 0.25) is 5.89 Å². The van der Waals surface area contributed by atoms with Gasteiger partial charge in [-0.3, -0.25) is 0 Å². The van der Waals surface area contributed by atoms with Gasteiger partial charge in [-0.15, -0.1) is 21.5 Å². The molecule has 5 aromatic rings. The van der Waals surface area contributed by atoms with Gasteiger partial charge < -0.3 is 8.97 Å². The first-order chi connectivity index (χ1) is 15.7. The van der Waals surface area contributed by atoms with Gasteiger partial charge in [-0.05, 0) is 24.3 Å². The SMILES string of the molecule is C[n+]1ccc(-c2nnc(-c3sc4cc(Cl)ccc4c3Cl)o2)cc1.O=S(=O)([O-])c1ccccc1. The van der Waals surface area contributed by atoms with Crippen molar-refractivity contribution in [2.24, 2.45) is 7.05 Å². The van der Waals surface area contributed by atoms with Crippen LogP contribution in [0.2, 0.25) is 10.0 Å². The summed E-state index contributed by atoms with van der Waals surface area (Å²) in [5.41, 5.74) is 0.863. The number of rotatable bonds is 3. The average Bonchev–Trinajstić information content (AvgIpc) is 3.39. The minimum Gasteiger partial charge on any atom is -0.744 e. The Morgan fingerprint density at radius 3 is 2.27 bits per heavy atom. The lowest BCUT2D eigenvalue weighted by Gasteiger charge is -2.04. The number of hydrogen-bond donors (Lipinski definition) is 0. The number of hydrogen-bond acceptors (Lipinski definition) is 7. The van der Waals surface area contributed by atoms with E-state index in [0.717, 1.165) is 20.5 Å². The van der Waals surface area contributed by atoms with Crippen LogP contribution in [0, 0.1) is 0 Å². The highest BCUT2D eigenvalue weighted by Gasteiger charge is 2.18. The standard InChI is InChI=1S/C16H10Cl2N3OS.C6H6O3S/c1-21-6-4-9(5-7-21)15-19-20-16(22-15)14-13(18)11-3-2-10(17)8-12(11)23-14;7-10(8,9)6-4-2-1-3-5-6/h2-8H,1H3;1-5H,(H,7,8,9)/q+1;/p-1. The van der Waals surface area contributed by atoms with E-state index in [-0.39, 0.29) is 4.90 Å². The average molecular weight is 520 g/mol. The van der Waals surface area contributed by atoms with E-state index < -0.39 is 10.1 Å². The number of thiophene rings is 1. The van der Waals surface area contributed by atoms with Crippen LogP contribution in [0.25, 0.3) is 32.3 Å². The van der Waals surface area contributed by atoms with Crippen LogP contribution in [-0.2, 0) is 17.2 Å². The maximum Gasteiger partial charge on any atom is 0.259 e. The van der Waals surface area contributed by atoms with Crippen molar-refractivity contribution in [3.63, 3.8) is 0 Å². The number of aryl methyl sites for hydroxylation is 1. The number of nitrogens with zero attached hydrogens (tertiary/aromatic N) is 3. The molecule has 0 saturated heterocycles. The zero-order valence-corrected chi connectivity index (χ0v) is 20.1. The highest BCUT2D eigenvalue weighted by Crippen LogP contribution is 2.42. The van der Waals surface area contributed by atoms with Crippen LogP contribution in [0.5, 0.6) is 0 Å². The monoisotopic (exact) mass is 519 g/mol. The molecule has 0 saturated carbocycles. The summed E-state index contributed by atoms with van der Waals surface area (Å²) in [5.74, 6) is 0.878. The highest BCUT2D eigenvalue weighted by molar-refractivity contribution is 7.85. The molecule has 0 spiro atoms. The molecular weight excluding hydrogens is 505 g/mol. The fourth-order valence-electron chi connectivity index (χ4n) is 2.84. The summed E-state index contributed by atoms with van der Waals surface area (Å²) in [4.78, 5) is 0.569. The van der Waals surface area contributed by atoms with E-state index in [4.69, 9.17) is 27.6 Å². The van der Waals surface area contributed by atoms with E-state index in [1.165, 1.54) is 35.6 Å². The largest absolute Gasteiger partial charge is 0.744 e. The van der Waals surface area contributed by atoms with Crippen molar-refractivity contribution in [1.29, 1.82) is 0 Å². The summed E-state index contributed by atoms with van der Waals surface area (Å²) < 4.78 is 39.6. The van der Waals surface area contributed by atoms with Crippen LogP contribution >= 0.6 is 34.5 Å². The van der Waals surface area contributed by atoms with Crippen molar-refractivity contribution in [2.75, 3.05) is 0 Å². The molecule has 0 atom stereocenters. The summed E-state index contributed by atoms with van der Waals surface area (Å²) in [6.45, 7) is 0. The molecule has 0 aliphatic rings. The van der Waals surface area contributed by atoms with E-state index in [2.05, 4.69) is 10.2 Å². The number of aromatic nitrogens is 3. The number of benzene rings is 2. The predicted octanol–water partition coefficient (Wildman–Crippen LogP) is 5.34. The molecule has 0 unspecified atom stereocenters. The summed E-state index contributed by atoms with van der Waals surface area (Å²) >= 11 is 14.0. The molecule has 5 rings (SSSR count). The molecule has 33 heavy (non-hydrogen) atoms. The third-order valence-corrected chi connectivity index (χ3v) is 7.20. The fraction of sp³-hybridized carbons (Fsp3) is 0.0455. The van der Waals surface area contributed by atoms with E-state index >= 15 is 0 Å². The first-order valence-electron chi connectivity index (χ1n) is 9.40. The second kappa shape index (κ2) is 9.58. The van der Waals surface area contributed by atoms with Crippen molar-refractivity contribution >= 4 is 54.7 Å². The maximum atomic E-state index is 10.3. The van der Waals surface area contributed by atoms with Crippen LogP contribution in [0.3, 0.4) is 0 Å². The molecule has 0 fully saturated rings. The Bertz CT molecular complexity index is 1520. The molecule has 0 N–H and O–H groups in total. The van der Waals surface area contributed by atoms with Crippen molar-refractivity contribution < 1.29 is 22.0 Å². The molecule has 0 aliphatic carbocycles. The molecule has 0 amide bonds. The van der Waals surface area contributed by atoms with E-state index in [9.17, 15) is 13.0 Å². The molecule has 7 nitrogen and oxygen atoms in total. The fourth-order valence-corrected chi connectivity index (χ4v) is 5.04. The predicted molar refractivity (Wildman–Crippen MR) is 126 cm³/mol. The van der Waals surface area contributed by atoms with Crippen LogP contribution in [-0.4, -0.2) is 23.2 Å². The van der Waals surface area contributed by atoms with Crippen molar-refractivity contribution in [1.82, 2.24) is 10.2 Å². The van der Waals surface area contributed by atoms with Crippen LogP contribution < -0.4 is 4.57 Å². The smallest absolute Gasteiger partial charge is 0.259 e. The first kappa shape index (κ1) is 23.3. The van der Waals surface area contributed by atoms with Crippen molar-refractivity contribution in [2.45, 2.75) is 4.90 Å².